The number of ether oxygens (including phenoxy) is 2. The summed E-state index contributed by atoms with van der Waals surface area (Å²) in [6, 6.07) is 6.26. The molecule has 6 heteroatoms. The van der Waals surface area contributed by atoms with Crippen LogP contribution in [0.2, 0.25) is 0 Å². The van der Waals surface area contributed by atoms with Crippen molar-refractivity contribution < 1.29 is 23.8 Å². The first-order valence-electron chi connectivity index (χ1n) is 11.7. The zero-order chi connectivity index (χ0) is 23.3. The van der Waals surface area contributed by atoms with Crippen molar-refractivity contribution in [3.8, 4) is 11.5 Å². The van der Waals surface area contributed by atoms with Crippen LogP contribution in [0.15, 0.2) is 22.6 Å². The molecule has 0 bridgehead atoms. The number of carboxylic acids is 1. The number of rotatable bonds is 10. The topological polar surface area (TPSA) is 81.8 Å². The maximum Gasteiger partial charge on any atom is 0.335 e. The molecule has 1 aliphatic carbocycles. The molecule has 3 rings (SSSR count). The Balaban J connectivity index is 1.53. The molecule has 0 radical (unpaired) electrons. The normalized spacial score (nSPS) is 19.3. The van der Waals surface area contributed by atoms with Crippen LogP contribution in [0.5, 0.6) is 0 Å². The van der Waals surface area contributed by atoms with Gasteiger partial charge in [0.25, 0.3) is 0 Å². The Hall–Kier alpha value is -2.18. The minimum atomic E-state index is -1.14. The molecule has 0 saturated heterocycles. The fourth-order valence-corrected chi connectivity index (χ4v) is 4.19. The molecule has 1 aliphatic rings. The minimum Gasteiger partial charge on any atom is -0.479 e. The third-order valence-electron chi connectivity index (χ3n) is 6.53. The van der Waals surface area contributed by atoms with Crippen LogP contribution < -0.4 is 0 Å². The van der Waals surface area contributed by atoms with Crippen LogP contribution in [0.1, 0.15) is 69.0 Å². The van der Waals surface area contributed by atoms with E-state index in [1.807, 2.05) is 6.07 Å². The summed E-state index contributed by atoms with van der Waals surface area (Å²) < 4.78 is 17.8. The number of carboxylic acid groups (broad SMARTS) is 1. The van der Waals surface area contributed by atoms with Gasteiger partial charge >= 0.3 is 5.97 Å². The summed E-state index contributed by atoms with van der Waals surface area (Å²) in [5, 5.41) is 9.23. The molecule has 0 aliphatic heterocycles. The van der Waals surface area contributed by atoms with Crippen LogP contribution in [0.4, 0.5) is 0 Å². The molecule has 6 nitrogen and oxygen atoms in total. The first kappa shape index (κ1) is 24.5. The Bertz CT molecular complexity index is 917. The molecular formula is C26H37NO5. The van der Waals surface area contributed by atoms with Crippen molar-refractivity contribution in [3.63, 3.8) is 0 Å². The fraction of sp³-hybridized carbons (Fsp3) is 0.615. The summed E-state index contributed by atoms with van der Waals surface area (Å²) in [7, 11) is 0. The summed E-state index contributed by atoms with van der Waals surface area (Å²) in [6.45, 7) is 11.1. The second-order valence-electron chi connectivity index (χ2n) is 9.58. The van der Waals surface area contributed by atoms with E-state index in [0.29, 0.717) is 37.5 Å². The molecule has 1 aromatic heterocycles. The van der Waals surface area contributed by atoms with Crippen molar-refractivity contribution in [2.45, 2.75) is 78.9 Å². The number of hydrogen-bond acceptors (Lipinski definition) is 5. The van der Waals surface area contributed by atoms with Crippen LogP contribution in [0, 0.1) is 25.7 Å². The lowest BCUT2D eigenvalue weighted by Crippen LogP contribution is -2.37. The standard InChI is InChI=1S/C26H37NO5/c1-6-23-22(27-24(32-23)21-11-10-17(2)18(3)12-21)16-30-14-19-8-7-9-20(13-19)15-31-26(4,5)25(28)29/h10-12,19-20H,6-9,13-16H2,1-5H3,(H,28,29)/t19-,20?/m1/s1. The average Bonchev–Trinajstić information content (AvgIpc) is 3.18. The average molecular weight is 444 g/mol. The van der Waals surface area contributed by atoms with Gasteiger partial charge in [-0.3, -0.25) is 0 Å². The molecule has 0 amide bonds. The van der Waals surface area contributed by atoms with E-state index >= 15 is 0 Å². The second kappa shape index (κ2) is 10.6. The first-order chi connectivity index (χ1) is 15.2. The van der Waals surface area contributed by atoms with Gasteiger partial charge in [-0.1, -0.05) is 19.4 Å². The Labute approximate surface area is 191 Å². The van der Waals surface area contributed by atoms with Gasteiger partial charge in [-0.2, -0.15) is 0 Å². The lowest BCUT2D eigenvalue weighted by atomic mass is 9.82. The summed E-state index contributed by atoms with van der Waals surface area (Å²) >= 11 is 0. The number of aryl methyl sites for hydroxylation is 3. The highest BCUT2D eigenvalue weighted by Gasteiger charge is 2.30. The third-order valence-corrected chi connectivity index (χ3v) is 6.53. The van der Waals surface area contributed by atoms with Crippen LogP contribution in [-0.2, 0) is 27.3 Å². The quantitative estimate of drug-likeness (QED) is 0.505. The predicted molar refractivity (Wildman–Crippen MR) is 124 cm³/mol. The highest BCUT2D eigenvalue weighted by molar-refractivity contribution is 5.76. The van der Waals surface area contributed by atoms with Crippen molar-refractivity contribution in [2.24, 2.45) is 11.8 Å². The van der Waals surface area contributed by atoms with Gasteiger partial charge < -0.3 is 19.0 Å². The number of nitrogens with zero attached hydrogens (tertiary/aromatic N) is 1. The monoisotopic (exact) mass is 443 g/mol. The van der Waals surface area contributed by atoms with E-state index in [9.17, 15) is 9.90 Å². The van der Waals surface area contributed by atoms with E-state index in [4.69, 9.17) is 18.9 Å². The van der Waals surface area contributed by atoms with E-state index < -0.39 is 11.6 Å². The maximum atomic E-state index is 11.3. The smallest absolute Gasteiger partial charge is 0.335 e. The number of hydrogen-bond donors (Lipinski definition) is 1. The van der Waals surface area contributed by atoms with Gasteiger partial charge in [0, 0.05) is 18.6 Å². The summed E-state index contributed by atoms with van der Waals surface area (Å²) in [4.78, 5) is 16.0. The molecular weight excluding hydrogens is 406 g/mol. The van der Waals surface area contributed by atoms with Gasteiger partial charge in [0.2, 0.25) is 5.89 Å². The number of aromatic nitrogens is 1. The molecule has 1 fully saturated rings. The molecule has 32 heavy (non-hydrogen) atoms. The van der Waals surface area contributed by atoms with Gasteiger partial charge in [-0.15, -0.1) is 0 Å². The van der Waals surface area contributed by atoms with E-state index in [1.54, 1.807) is 13.8 Å². The molecule has 176 valence electrons. The van der Waals surface area contributed by atoms with Crippen LogP contribution in [-0.4, -0.2) is 34.9 Å². The Morgan fingerprint density at radius 1 is 1.19 bits per heavy atom. The number of carbonyl (C=O) groups is 1. The van der Waals surface area contributed by atoms with Gasteiger partial charge in [-0.25, -0.2) is 9.78 Å². The molecule has 2 atom stereocenters. The Kier molecular flexibility index (Phi) is 8.12. The lowest BCUT2D eigenvalue weighted by molar-refractivity contribution is -0.163. The van der Waals surface area contributed by atoms with Gasteiger partial charge in [0.05, 0.1) is 13.2 Å². The Morgan fingerprint density at radius 2 is 1.91 bits per heavy atom. The van der Waals surface area contributed by atoms with Gasteiger partial charge in [0.15, 0.2) is 5.60 Å². The first-order valence-corrected chi connectivity index (χ1v) is 11.7. The number of benzene rings is 1. The highest BCUT2D eigenvalue weighted by Crippen LogP contribution is 2.31. The molecule has 0 spiro atoms. The van der Waals surface area contributed by atoms with E-state index in [-0.39, 0.29) is 0 Å². The molecule has 1 saturated carbocycles. The fourth-order valence-electron chi connectivity index (χ4n) is 4.19. The SMILES string of the molecule is CCc1oc(-c2ccc(C)c(C)c2)nc1COC[C@@H]1CCCC(COC(C)(C)C(=O)O)C1. The van der Waals surface area contributed by atoms with Crippen molar-refractivity contribution in [1.82, 2.24) is 4.98 Å². The van der Waals surface area contributed by atoms with E-state index in [2.05, 4.69) is 32.9 Å². The molecule has 1 unspecified atom stereocenters. The molecule has 2 aromatic rings. The van der Waals surface area contributed by atoms with Crippen LogP contribution in [0.3, 0.4) is 0 Å². The van der Waals surface area contributed by atoms with E-state index in [1.165, 1.54) is 11.1 Å². The zero-order valence-electron chi connectivity index (χ0n) is 20.1. The van der Waals surface area contributed by atoms with Gasteiger partial charge in [-0.05, 0) is 82.1 Å². The third kappa shape index (κ3) is 6.20. The van der Waals surface area contributed by atoms with Crippen LogP contribution >= 0.6 is 0 Å². The molecule has 1 N–H and O–H groups in total. The Morgan fingerprint density at radius 3 is 2.56 bits per heavy atom. The number of aliphatic carboxylic acids is 1. The largest absolute Gasteiger partial charge is 0.479 e. The van der Waals surface area contributed by atoms with Gasteiger partial charge in [0.1, 0.15) is 11.5 Å². The van der Waals surface area contributed by atoms with Crippen LogP contribution in [0.25, 0.3) is 11.5 Å². The van der Waals surface area contributed by atoms with Crippen molar-refractivity contribution in [1.29, 1.82) is 0 Å². The summed E-state index contributed by atoms with van der Waals surface area (Å²) in [5.74, 6) is 1.45. The summed E-state index contributed by atoms with van der Waals surface area (Å²) in [5.41, 5.74) is 3.20. The van der Waals surface area contributed by atoms with E-state index in [0.717, 1.165) is 49.1 Å². The predicted octanol–water partition coefficient (Wildman–Crippen LogP) is 5.72. The maximum absolute atomic E-state index is 11.3. The molecule has 1 aromatic carbocycles. The second-order valence-corrected chi connectivity index (χ2v) is 9.58. The lowest BCUT2D eigenvalue weighted by Gasteiger charge is -2.31. The van der Waals surface area contributed by atoms with Crippen molar-refractivity contribution in [2.75, 3.05) is 13.2 Å². The molecule has 1 heterocycles. The summed E-state index contributed by atoms with van der Waals surface area (Å²) in [6.07, 6.45) is 5.11. The van der Waals surface area contributed by atoms with Crippen molar-refractivity contribution in [3.05, 3.63) is 40.8 Å². The minimum absolute atomic E-state index is 0.380. The van der Waals surface area contributed by atoms with Crippen molar-refractivity contribution >= 4 is 5.97 Å². The highest BCUT2D eigenvalue weighted by atomic mass is 16.5. The number of oxazole rings is 1. The zero-order valence-corrected chi connectivity index (χ0v) is 20.1.